The Labute approximate surface area is 107 Å². The highest BCUT2D eigenvalue weighted by atomic mass is 16.2. The van der Waals surface area contributed by atoms with Crippen LogP contribution in [0.5, 0.6) is 0 Å². The third-order valence-corrected chi connectivity index (χ3v) is 3.09. The Morgan fingerprint density at radius 1 is 1.18 bits per heavy atom. The van der Waals surface area contributed by atoms with Crippen LogP contribution in [0.2, 0.25) is 0 Å². The highest BCUT2D eigenvalue weighted by Gasteiger charge is 2.21. The smallest absolute Gasteiger partial charge is 0.225 e. The van der Waals surface area contributed by atoms with E-state index < -0.39 is 0 Å². The van der Waals surface area contributed by atoms with Gasteiger partial charge in [-0.25, -0.2) is 0 Å². The summed E-state index contributed by atoms with van der Waals surface area (Å²) in [5.74, 6) is 0.425. The minimum Gasteiger partial charge on any atom is -0.340 e. The van der Waals surface area contributed by atoms with Crippen LogP contribution in [0.4, 0.5) is 0 Å². The number of nitrogens with zero attached hydrogens (tertiary/aromatic N) is 1. The lowest BCUT2D eigenvalue weighted by molar-refractivity contribution is -0.137. The van der Waals surface area contributed by atoms with Crippen LogP contribution >= 0.6 is 0 Å². The summed E-state index contributed by atoms with van der Waals surface area (Å²) in [6.45, 7) is 11.2. The lowest BCUT2D eigenvalue weighted by atomic mass is 10.00. The second-order valence-corrected chi connectivity index (χ2v) is 5.43. The lowest BCUT2D eigenvalue weighted by Gasteiger charge is -2.29. The van der Waals surface area contributed by atoms with Gasteiger partial charge < -0.3 is 10.6 Å². The van der Waals surface area contributed by atoms with Crippen molar-refractivity contribution in [2.45, 2.75) is 72.4 Å². The van der Waals surface area contributed by atoms with Gasteiger partial charge in [0.25, 0.3) is 0 Å². The molecule has 0 bridgehead atoms. The summed E-state index contributed by atoms with van der Waals surface area (Å²) in [6.07, 6.45) is 4.03. The molecule has 0 spiro atoms. The molecule has 0 fully saturated rings. The van der Waals surface area contributed by atoms with Crippen molar-refractivity contribution < 1.29 is 4.79 Å². The number of carbonyl (C=O) groups is 1. The zero-order chi connectivity index (χ0) is 13.4. The molecule has 0 aromatic heterocycles. The van der Waals surface area contributed by atoms with E-state index in [-0.39, 0.29) is 12.0 Å². The van der Waals surface area contributed by atoms with Crippen LogP contribution in [0.25, 0.3) is 0 Å². The van der Waals surface area contributed by atoms with Crippen LogP contribution < -0.4 is 5.73 Å². The van der Waals surface area contributed by atoms with Gasteiger partial charge in [-0.3, -0.25) is 4.79 Å². The summed E-state index contributed by atoms with van der Waals surface area (Å²) in [7, 11) is 0. The predicted molar refractivity (Wildman–Crippen MR) is 73.8 cm³/mol. The largest absolute Gasteiger partial charge is 0.340 e. The van der Waals surface area contributed by atoms with Crippen molar-refractivity contribution in [3.05, 3.63) is 0 Å². The molecule has 0 aliphatic carbocycles. The SMILES string of the molecule is CCCN(C(=O)C(C)CCCC(C)N)C(C)C. The number of nitrogens with two attached hydrogens (primary N) is 1. The fourth-order valence-corrected chi connectivity index (χ4v) is 2.02. The van der Waals surface area contributed by atoms with Crippen LogP contribution in [0.1, 0.15) is 60.3 Å². The van der Waals surface area contributed by atoms with Crippen molar-refractivity contribution in [1.82, 2.24) is 4.90 Å². The molecular weight excluding hydrogens is 212 g/mol. The third kappa shape index (κ3) is 6.67. The molecule has 0 saturated heterocycles. The molecule has 2 N–H and O–H groups in total. The van der Waals surface area contributed by atoms with Crippen molar-refractivity contribution in [2.75, 3.05) is 6.54 Å². The first kappa shape index (κ1) is 16.4. The molecule has 0 radical (unpaired) electrons. The minimum atomic E-state index is 0.127. The molecule has 0 heterocycles. The second-order valence-electron chi connectivity index (χ2n) is 5.43. The Morgan fingerprint density at radius 3 is 2.18 bits per heavy atom. The minimum absolute atomic E-state index is 0.127. The number of amides is 1. The molecule has 3 heteroatoms. The molecule has 0 saturated carbocycles. The molecule has 2 atom stereocenters. The van der Waals surface area contributed by atoms with Gasteiger partial charge in [-0.1, -0.05) is 20.3 Å². The number of hydrogen-bond acceptors (Lipinski definition) is 2. The molecule has 0 rings (SSSR count). The molecular formula is C14H30N2O. The van der Waals surface area contributed by atoms with Gasteiger partial charge in [-0.05, 0) is 40.0 Å². The van der Waals surface area contributed by atoms with Gasteiger partial charge in [0.1, 0.15) is 0 Å². The number of rotatable bonds is 8. The molecule has 2 unspecified atom stereocenters. The Bertz CT molecular complexity index is 214. The van der Waals surface area contributed by atoms with Gasteiger partial charge in [0.05, 0.1) is 0 Å². The lowest BCUT2D eigenvalue weighted by Crippen LogP contribution is -2.40. The topological polar surface area (TPSA) is 46.3 Å². The van der Waals surface area contributed by atoms with Gasteiger partial charge in [-0.2, -0.15) is 0 Å². The van der Waals surface area contributed by atoms with Crippen molar-refractivity contribution in [1.29, 1.82) is 0 Å². The standard InChI is InChI=1S/C14H30N2O/c1-6-10-16(11(2)3)14(17)12(4)8-7-9-13(5)15/h11-13H,6-10,15H2,1-5H3. The zero-order valence-electron chi connectivity index (χ0n) is 12.2. The summed E-state index contributed by atoms with van der Waals surface area (Å²) in [6, 6.07) is 0.549. The fraction of sp³-hybridized carbons (Fsp3) is 0.929. The van der Waals surface area contributed by atoms with Gasteiger partial charge in [-0.15, -0.1) is 0 Å². The molecule has 17 heavy (non-hydrogen) atoms. The van der Waals surface area contributed by atoms with E-state index in [2.05, 4.69) is 20.8 Å². The van der Waals surface area contributed by atoms with Gasteiger partial charge in [0.2, 0.25) is 5.91 Å². The van der Waals surface area contributed by atoms with Crippen LogP contribution in [0.15, 0.2) is 0 Å². The van der Waals surface area contributed by atoms with Crippen molar-refractivity contribution in [3.8, 4) is 0 Å². The van der Waals surface area contributed by atoms with Crippen molar-refractivity contribution in [2.24, 2.45) is 11.7 Å². The molecule has 0 aromatic rings. The van der Waals surface area contributed by atoms with Gasteiger partial charge >= 0.3 is 0 Å². The van der Waals surface area contributed by atoms with E-state index in [1.807, 2.05) is 18.7 Å². The predicted octanol–water partition coefficient (Wildman–Crippen LogP) is 2.79. The van der Waals surface area contributed by atoms with Crippen LogP contribution in [0.3, 0.4) is 0 Å². The molecule has 3 nitrogen and oxygen atoms in total. The molecule has 0 aromatic carbocycles. The van der Waals surface area contributed by atoms with E-state index in [0.29, 0.717) is 11.9 Å². The highest BCUT2D eigenvalue weighted by Crippen LogP contribution is 2.14. The summed E-state index contributed by atoms with van der Waals surface area (Å²) in [5.41, 5.74) is 5.72. The Hall–Kier alpha value is -0.570. The summed E-state index contributed by atoms with van der Waals surface area (Å²) >= 11 is 0. The fourth-order valence-electron chi connectivity index (χ4n) is 2.02. The van der Waals surface area contributed by atoms with E-state index in [4.69, 9.17) is 5.73 Å². The Morgan fingerprint density at radius 2 is 1.76 bits per heavy atom. The average Bonchev–Trinajstić information content (AvgIpc) is 2.23. The Kier molecular flexibility index (Phi) is 8.23. The first-order valence-electron chi connectivity index (χ1n) is 6.96. The maximum atomic E-state index is 12.2. The highest BCUT2D eigenvalue weighted by molar-refractivity contribution is 5.78. The third-order valence-electron chi connectivity index (χ3n) is 3.09. The second kappa shape index (κ2) is 8.51. The van der Waals surface area contributed by atoms with Crippen molar-refractivity contribution >= 4 is 5.91 Å². The number of hydrogen-bond donors (Lipinski definition) is 1. The van der Waals surface area contributed by atoms with E-state index in [0.717, 1.165) is 32.2 Å². The molecule has 102 valence electrons. The molecule has 0 aliphatic heterocycles. The first-order valence-corrected chi connectivity index (χ1v) is 6.96. The monoisotopic (exact) mass is 242 g/mol. The molecule has 0 aliphatic rings. The Balaban J connectivity index is 4.16. The van der Waals surface area contributed by atoms with Crippen LogP contribution in [-0.4, -0.2) is 29.4 Å². The summed E-state index contributed by atoms with van der Waals surface area (Å²) in [5, 5.41) is 0. The van der Waals surface area contributed by atoms with E-state index >= 15 is 0 Å². The maximum absolute atomic E-state index is 12.2. The zero-order valence-corrected chi connectivity index (χ0v) is 12.2. The first-order chi connectivity index (χ1) is 7.90. The van der Waals surface area contributed by atoms with Crippen molar-refractivity contribution in [3.63, 3.8) is 0 Å². The molecule has 1 amide bonds. The summed E-state index contributed by atoms with van der Waals surface area (Å²) < 4.78 is 0. The van der Waals surface area contributed by atoms with E-state index in [1.54, 1.807) is 0 Å². The van der Waals surface area contributed by atoms with Crippen LogP contribution in [-0.2, 0) is 4.79 Å². The van der Waals surface area contributed by atoms with E-state index in [1.165, 1.54) is 0 Å². The van der Waals surface area contributed by atoms with Crippen LogP contribution in [0, 0.1) is 5.92 Å². The maximum Gasteiger partial charge on any atom is 0.225 e. The van der Waals surface area contributed by atoms with E-state index in [9.17, 15) is 4.79 Å². The average molecular weight is 242 g/mol. The summed E-state index contributed by atoms with van der Waals surface area (Å²) in [4.78, 5) is 14.2. The normalized spacial score (nSPS) is 14.8. The quantitative estimate of drug-likeness (QED) is 0.711. The number of carbonyl (C=O) groups excluding carboxylic acids is 1. The van der Waals surface area contributed by atoms with Gasteiger partial charge in [0.15, 0.2) is 0 Å². The van der Waals surface area contributed by atoms with Gasteiger partial charge in [0, 0.05) is 24.5 Å².